The van der Waals surface area contributed by atoms with E-state index in [0.29, 0.717) is 0 Å². The second-order valence-electron chi connectivity index (χ2n) is 4.67. The Kier molecular flexibility index (Phi) is 7.12. The fourth-order valence-electron chi connectivity index (χ4n) is 1.94. The van der Waals surface area contributed by atoms with Gasteiger partial charge in [0.2, 0.25) is 0 Å². The van der Waals surface area contributed by atoms with Crippen molar-refractivity contribution < 1.29 is 0 Å². The molecular formula is C13H27N. The number of unbranched alkanes of at least 4 members (excludes halogenated alkanes) is 8. The van der Waals surface area contributed by atoms with Gasteiger partial charge in [-0.1, -0.05) is 58.3 Å². The van der Waals surface area contributed by atoms with Crippen molar-refractivity contribution in [2.45, 2.75) is 64.7 Å². The molecule has 1 rings (SSSR count). The monoisotopic (exact) mass is 197 g/mol. The summed E-state index contributed by atoms with van der Waals surface area (Å²) in [7, 11) is 0. The minimum Gasteiger partial charge on any atom is -0.301 e. The number of nitrogens with zero attached hydrogens (tertiary/aromatic N) is 1. The molecule has 0 aromatic rings. The molecule has 1 heterocycles. The van der Waals surface area contributed by atoms with Crippen LogP contribution < -0.4 is 0 Å². The molecule has 0 atom stereocenters. The zero-order chi connectivity index (χ0) is 10.1. The van der Waals surface area contributed by atoms with Crippen LogP contribution in [0.25, 0.3) is 0 Å². The molecule has 1 fully saturated rings. The highest BCUT2D eigenvalue weighted by atomic mass is 15.2. The molecule has 0 aromatic carbocycles. The Balaban J connectivity index is 1.63. The highest BCUT2D eigenvalue weighted by molar-refractivity contribution is 4.71. The summed E-state index contributed by atoms with van der Waals surface area (Å²) < 4.78 is 0. The first-order valence-corrected chi connectivity index (χ1v) is 6.66. The van der Waals surface area contributed by atoms with Crippen LogP contribution >= 0.6 is 0 Å². The average Bonchev–Trinajstić information content (AvgIpc) is 2.99. The lowest BCUT2D eigenvalue weighted by Crippen LogP contribution is -1.98. The van der Waals surface area contributed by atoms with Gasteiger partial charge in [-0.2, -0.15) is 0 Å². The normalized spacial score (nSPS) is 16.1. The largest absolute Gasteiger partial charge is 0.301 e. The summed E-state index contributed by atoms with van der Waals surface area (Å²) in [5.74, 6) is 0. The summed E-state index contributed by atoms with van der Waals surface area (Å²) >= 11 is 0. The standard InChI is InChI=1S/C13H27N/c1-2-3-4-5-6-7-8-9-10-11-14-12-13-14/h2-13H2,1H3. The summed E-state index contributed by atoms with van der Waals surface area (Å²) in [5, 5.41) is 0. The van der Waals surface area contributed by atoms with E-state index in [4.69, 9.17) is 0 Å². The smallest absolute Gasteiger partial charge is 0.0110 e. The highest BCUT2D eigenvalue weighted by Crippen LogP contribution is 2.11. The van der Waals surface area contributed by atoms with Crippen LogP contribution in [0.5, 0.6) is 0 Å². The van der Waals surface area contributed by atoms with E-state index in [9.17, 15) is 0 Å². The van der Waals surface area contributed by atoms with Crippen molar-refractivity contribution in [3.8, 4) is 0 Å². The zero-order valence-electron chi connectivity index (χ0n) is 9.93. The van der Waals surface area contributed by atoms with E-state index in [1.807, 2.05) is 0 Å². The Morgan fingerprint density at radius 2 is 1.21 bits per heavy atom. The minimum atomic E-state index is 1.37. The average molecular weight is 197 g/mol. The van der Waals surface area contributed by atoms with Crippen molar-refractivity contribution in [3.63, 3.8) is 0 Å². The van der Waals surface area contributed by atoms with Gasteiger partial charge in [-0.25, -0.2) is 0 Å². The fraction of sp³-hybridized carbons (Fsp3) is 1.00. The first kappa shape index (κ1) is 12.0. The molecule has 0 spiro atoms. The number of rotatable bonds is 10. The molecule has 0 N–H and O–H groups in total. The SMILES string of the molecule is CCCCCCCCCCCN1CC1. The third-order valence-corrected chi connectivity index (χ3v) is 3.12. The summed E-state index contributed by atoms with van der Waals surface area (Å²) in [6, 6.07) is 0. The number of hydrogen-bond donors (Lipinski definition) is 0. The maximum absolute atomic E-state index is 2.53. The van der Waals surface area contributed by atoms with E-state index in [2.05, 4.69) is 11.8 Å². The zero-order valence-corrected chi connectivity index (χ0v) is 9.93. The van der Waals surface area contributed by atoms with E-state index >= 15 is 0 Å². The van der Waals surface area contributed by atoms with Crippen molar-refractivity contribution in [2.24, 2.45) is 0 Å². The minimum absolute atomic E-state index is 1.37. The molecule has 1 nitrogen and oxygen atoms in total. The molecule has 1 heteroatoms. The second-order valence-corrected chi connectivity index (χ2v) is 4.67. The van der Waals surface area contributed by atoms with Crippen LogP contribution in [-0.4, -0.2) is 24.5 Å². The molecule has 1 aliphatic heterocycles. The lowest BCUT2D eigenvalue weighted by atomic mass is 10.1. The van der Waals surface area contributed by atoms with Crippen LogP contribution in [0.3, 0.4) is 0 Å². The molecule has 0 radical (unpaired) electrons. The van der Waals surface area contributed by atoms with Gasteiger partial charge in [-0.3, -0.25) is 0 Å². The van der Waals surface area contributed by atoms with E-state index in [-0.39, 0.29) is 0 Å². The molecule has 0 aliphatic carbocycles. The number of hydrogen-bond acceptors (Lipinski definition) is 1. The highest BCUT2D eigenvalue weighted by Gasteiger charge is 2.14. The van der Waals surface area contributed by atoms with Gasteiger partial charge in [0.1, 0.15) is 0 Å². The molecule has 1 saturated heterocycles. The summed E-state index contributed by atoms with van der Waals surface area (Å²) in [6.45, 7) is 6.40. The van der Waals surface area contributed by atoms with Crippen molar-refractivity contribution >= 4 is 0 Å². The van der Waals surface area contributed by atoms with Gasteiger partial charge >= 0.3 is 0 Å². The van der Waals surface area contributed by atoms with Gasteiger partial charge in [0, 0.05) is 13.1 Å². The Hall–Kier alpha value is -0.0400. The molecule has 0 unspecified atom stereocenters. The van der Waals surface area contributed by atoms with Gasteiger partial charge < -0.3 is 4.90 Å². The van der Waals surface area contributed by atoms with Crippen LogP contribution in [0.2, 0.25) is 0 Å². The van der Waals surface area contributed by atoms with Crippen LogP contribution in [0.15, 0.2) is 0 Å². The summed E-state index contributed by atoms with van der Waals surface area (Å²) in [6.07, 6.45) is 13.1. The quantitative estimate of drug-likeness (QED) is 0.380. The topological polar surface area (TPSA) is 3.01 Å². The lowest BCUT2D eigenvalue weighted by Gasteiger charge is -2.02. The molecule has 0 amide bonds. The maximum atomic E-state index is 2.53. The van der Waals surface area contributed by atoms with Gasteiger partial charge in [-0.05, 0) is 13.0 Å². The van der Waals surface area contributed by atoms with E-state index in [1.54, 1.807) is 0 Å². The molecule has 1 aliphatic rings. The van der Waals surface area contributed by atoms with Gasteiger partial charge in [0.15, 0.2) is 0 Å². The Morgan fingerprint density at radius 3 is 1.71 bits per heavy atom. The fourth-order valence-corrected chi connectivity index (χ4v) is 1.94. The first-order valence-electron chi connectivity index (χ1n) is 6.66. The van der Waals surface area contributed by atoms with Crippen LogP contribution in [-0.2, 0) is 0 Å². The Bertz CT molecular complexity index is 118. The molecule has 84 valence electrons. The molecule has 0 aromatic heterocycles. The van der Waals surface area contributed by atoms with Crippen molar-refractivity contribution in [1.82, 2.24) is 4.90 Å². The predicted octanol–water partition coefficient (Wildman–Crippen LogP) is 3.83. The Morgan fingerprint density at radius 1 is 0.714 bits per heavy atom. The van der Waals surface area contributed by atoms with E-state index in [0.717, 1.165) is 0 Å². The molecule has 0 saturated carbocycles. The molecule has 0 bridgehead atoms. The van der Waals surface area contributed by atoms with Crippen LogP contribution in [0.4, 0.5) is 0 Å². The second kappa shape index (κ2) is 8.28. The van der Waals surface area contributed by atoms with Crippen LogP contribution in [0.1, 0.15) is 64.7 Å². The van der Waals surface area contributed by atoms with E-state index < -0.39 is 0 Å². The van der Waals surface area contributed by atoms with Crippen molar-refractivity contribution in [1.29, 1.82) is 0 Å². The lowest BCUT2D eigenvalue weighted by molar-refractivity contribution is 0.496. The maximum Gasteiger partial charge on any atom is 0.0110 e. The van der Waals surface area contributed by atoms with Crippen molar-refractivity contribution in [2.75, 3.05) is 19.6 Å². The Labute approximate surface area is 89.9 Å². The molecule has 14 heavy (non-hydrogen) atoms. The van der Waals surface area contributed by atoms with Gasteiger partial charge in [-0.15, -0.1) is 0 Å². The van der Waals surface area contributed by atoms with Gasteiger partial charge in [0.05, 0.1) is 0 Å². The first-order chi connectivity index (χ1) is 6.93. The third kappa shape index (κ3) is 7.37. The third-order valence-electron chi connectivity index (χ3n) is 3.12. The summed E-state index contributed by atoms with van der Waals surface area (Å²) in [4.78, 5) is 2.53. The van der Waals surface area contributed by atoms with Crippen LogP contribution in [0, 0.1) is 0 Å². The van der Waals surface area contributed by atoms with E-state index in [1.165, 1.54) is 77.4 Å². The molecular weight excluding hydrogens is 170 g/mol. The summed E-state index contributed by atoms with van der Waals surface area (Å²) in [5.41, 5.74) is 0. The predicted molar refractivity (Wildman–Crippen MR) is 63.7 cm³/mol. The van der Waals surface area contributed by atoms with Gasteiger partial charge in [0.25, 0.3) is 0 Å². The van der Waals surface area contributed by atoms with Crippen molar-refractivity contribution in [3.05, 3.63) is 0 Å².